The molecule has 5 rings (SSSR count). The fourth-order valence-electron chi connectivity index (χ4n) is 6.44. The van der Waals surface area contributed by atoms with Crippen molar-refractivity contribution < 1.29 is 14.3 Å². The van der Waals surface area contributed by atoms with Gasteiger partial charge in [-0.2, -0.15) is 0 Å². The van der Waals surface area contributed by atoms with E-state index >= 15 is 0 Å². The first kappa shape index (κ1) is 21.2. The van der Waals surface area contributed by atoms with Gasteiger partial charge in [-0.15, -0.1) is 0 Å². The van der Waals surface area contributed by atoms with Crippen molar-refractivity contribution in [3.63, 3.8) is 0 Å². The fraction of sp³-hybridized carbons (Fsp3) is 0.680. The van der Waals surface area contributed by atoms with Crippen LogP contribution in [-0.4, -0.2) is 25.0 Å². The molecule has 0 radical (unpaired) electrons. The van der Waals surface area contributed by atoms with Crippen LogP contribution in [0.2, 0.25) is 0 Å². The first-order valence-electron chi connectivity index (χ1n) is 11.8. The Labute approximate surface area is 180 Å². The Kier molecular flexibility index (Phi) is 6.35. The summed E-state index contributed by atoms with van der Waals surface area (Å²) < 4.78 is 5.46. The van der Waals surface area contributed by atoms with Gasteiger partial charge in [0.2, 0.25) is 11.8 Å². The standard InChI is InChI=1S/C25H36N2O3/c1-3-30-22-8-6-21(7-9-22)17(2)27-23(28)5-4-10-26-24(29)25-14-18-11-19(15-25)13-20(12-18)16-25/h6-9,17-20H,3-5,10-16H2,1-2H3,(H,26,29)(H,27,28). The van der Waals surface area contributed by atoms with Crippen molar-refractivity contribution in [3.05, 3.63) is 29.8 Å². The van der Waals surface area contributed by atoms with Gasteiger partial charge in [-0.05, 0) is 94.2 Å². The smallest absolute Gasteiger partial charge is 0.226 e. The lowest BCUT2D eigenvalue weighted by atomic mass is 9.49. The summed E-state index contributed by atoms with van der Waals surface area (Å²) in [6, 6.07) is 7.79. The van der Waals surface area contributed by atoms with E-state index in [9.17, 15) is 9.59 Å². The predicted molar refractivity (Wildman–Crippen MR) is 117 cm³/mol. The van der Waals surface area contributed by atoms with Crippen molar-refractivity contribution >= 4 is 11.8 Å². The number of nitrogens with one attached hydrogen (secondary N) is 2. The van der Waals surface area contributed by atoms with E-state index < -0.39 is 0 Å². The van der Waals surface area contributed by atoms with Gasteiger partial charge in [0.15, 0.2) is 0 Å². The molecule has 0 heterocycles. The summed E-state index contributed by atoms with van der Waals surface area (Å²) in [5.41, 5.74) is 0.959. The minimum Gasteiger partial charge on any atom is -0.494 e. The van der Waals surface area contributed by atoms with Crippen molar-refractivity contribution in [1.82, 2.24) is 10.6 Å². The first-order valence-corrected chi connectivity index (χ1v) is 11.8. The van der Waals surface area contributed by atoms with E-state index in [2.05, 4.69) is 10.6 Å². The molecule has 1 aromatic carbocycles. The topological polar surface area (TPSA) is 67.4 Å². The van der Waals surface area contributed by atoms with Crippen molar-refractivity contribution in [2.75, 3.05) is 13.2 Å². The van der Waals surface area contributed by atoms with Crippen molar-refractivity contribution in [2.24, 2.45) is 23.2 Å². The van der Waals surface area contributed by atoms with Gasteiger partial charge < -0.3 is 15.4 Å². The molecule has 0 saturated heterocycles. The van der Waals surface area contributed by atoms with E-state index in [1.165, 1.54) is 19.3 Å². The molecule has 2 N–H and O–H groups in total. The second-order valence-electron chi connectivity index (χ2n) is 9.85. The number of ether oxygens (including phenoxy) is 1. The molecule has 4 saturated carbocycles. The van der Waals surface area contributed by atoms with Gasteiger partial charge in [0.05, 0.1) is 12.6 Å². The van der Waals surface area contributed by atoms with Crippen LogP contribution in [0.25, 0.3) is 0 Å². The van der Waals surface area contributed by atoms with E-state index in [-0.39, 0.29) is 23.3 Å². The Morgan fingerprint density at radius 2 is 1.67 bits per heavy atom. The molecule has 164 valence electrons. The maximum Gasteiger partial charge on any atom is 0.226 e. The van der Waals surface area contributed by atoms with E-state index in [4.69, 9.17) is 4.74 Å². The molecule has 5 heteroatoms. The molecule has 2 amide bonds. The molecule has 4 fully saturated rings. The monoisotopic (exact) mass is 412 g/mol. The van der Waals surface area contributed by atoms with Crippen LogP contribution < -0.4 is 15.4 Å². The normalized spacial score (nSPS) is 30.0. The molecule has 5 nitrogen and oxygen atoms in total. The second-order valence-corrected chi connectivity index (χ2v) is 9.85. The van der Waals surface area contributed by atoms with Gasteiger partial charge in [-0.1, -0.05) is 12.1 Å². The number of benzene rings is 1. The van der Waals surface area contributed by atoms with Gasteiger partial charge in [0, 0.05) is 18.4 Å². The average Bonchev–Trinajstić information content (AvgIpc) is 2.71. The van der Waals surface area contributed by atoms with Crippen LogP contribution in [0.3, 0.4) is 0 Å². The summed E-state index contributed by atoms with van der Waals surface area (Å²) >= 11 is 0. The molecule has 30 heavy (non-hydrogen) atoms. The Hall–Kier alpha value is -2.04. The first-order chi connectivity index (χ1) is 14.5. The minimum absolute atomic E-state index is 0.0282. The molecule has 4 aliphatic rings. The quantitative estimate of drug-likeness (QED) is 0.592. The molecule has 1 aromatic rings. The van der Waals surface area contributed by atoms with Crippen LogP contribution in [0.15, 0.2) is 24.3 Å². The minimum atomic E-state index is -0.0980. The van der Waals surface area contributed by atoms with Gasteiger partial charge in [-0.25, -0.2) is 0 Å². The molecule has 0 spiro atoms. The highest BCUT2D eigenvalue weighted by atomic mass is 16.5. The van der Waals surface area contributed by atoms with Crippen molar-refractivity contribution in [3.8, 4) is 5.75 Å². The molecule has 1 unspecified atom stereocenters. The van der Waals surface area contributed by atoms with E-state index in [0.717, 1.165) is 48.3 Å². The Morgan fingerprint density at radius 1 is 1.07 bits per heavy atom. The van der Waals surface area contributed by atoms with Gasteiger partial charge in [0.25, 0.3) is 0 Å². The lowest BCUT2D eigenvalue weighted by Crippen LogP contribution is -2.53. The summed E-state index contributed by atoms with van der Waals surface area (Å²) in [5.74, 6) is 3.45. The number of carbonyl (C=O) groups is 2. The third-order valence-electron chi connectivity index (χ3n) is 7.45. The Balaban J connectivity index is 1.17. The highest BCUT2D eigenvalue weighted by Crippen LogP contribution is 2.60. The molecule has 0 aliphatic heterocycles. The lowest BCUT2D eigenvalue weighted by molar-refractivity contribution is -0.146. The summed E-state index contributed by atoms with van der Waals surface area (Å²) in [4.78, 5) is 25.3. The van der Waals surface area contributed by atoms with Gasteiger partial charge in [0.1, 0.15) is 5.75 Å². The van der Waals surface area contributed by atoms with E-state index in [1.54, 1.807) is 0 Å². The second kappa shape index (κ2) is 8.99. The zero-order valence-corrected chi connectivity index (χ0v) is 18.4. The molecule has 4 aliphatic carbocycles. The highest BCUT2D eigenvalue weighted by molar-refractivity contribution is 5.83. The number of hydrogen-bond donors (Lipinski definition) is 2. The largest absolute Gasteiger partial charge is 0.494 e. The summed E-state index contributed by atoms with van der Waals surface area (Å²) in [6.45, 7) is 5.18. The predicted octanol–water partition coefficient (Wildman–Crippen LogP) is 4.38. The number of rotatable bonds is 9. The number of carbonyl (C=O) groups excluding carboxylic acids is 2. The zero-order chi connectivity index (χ0) is 21.1. The molecule has 1 atom stereocenters. The highest BCUT2D eigenvalue weighted by Gasteiger charge is 2.54. The van der Waals surface area contributed by atoms with Crippen LogP contribution in [0.4, 0.5) is 0 Å². The fourth-order valence-corrected chi connectivity index (χ4v) is 6.44. The van der Waals surface area contributed by atoms with Crippen LogP contribution in [-0.2, 0) is 9.59 Å². The van der Waals surface area contributed by atoms with E-state index in [1.807, 2.05) is 38.1 Å². The number of hydrogen-bond acceptors (Lipinski definition) is 3. The van der Waals surface area contributed by atoms with Crippen LogP contribution in [0, 0.1) is 23.2 Å². The van der Waals surface area contributed by atoms with Crippen molar-refractivity contribution in [1.29, 1.82) is 0 Å². The molecular formula is C25H36N2O3. The van der Waals surface area contributed by atoms with E-state index in [0.29, 0.717) is 26.0 Å². The third kappa shape index (κ3) is 4.65. The maximum atomic E-state index is 13.0. The maximum absolute atomic E-state index is 13.0. The zero-order valence-electron chi connectivity index (χ0n) is 18.4. The Bertz CT molecular complexity index is 723. The molecule has 4 bridgehead atoms. The number of amides is 2. The van der Waals surface area contributed by atoms with Crippen molar-refractivity contribution in [2.45, 2.75) is 71.3 Å². The third-order valence-corrected chi connectivity index (χ3v) is 7.45. The summed E-state index contributed by atoms with van der Waals surface area (Å²) in [5, 5.41) is 6.22. The molecular weight excluding hydrogens is 376 g/mol. The summed E-state index contributed by atoms with van der Waals surface area (Å²) in [7, 11) is 0. The van der Waals surface area contributed by atoms with Gasteiger partial charge in [-0.3, -0.25) is 9.59 Å². The average molecular weight is 413 g/mol. The summed E-state index contributed by atoms with van der Waals surface area (Å²) in [6.07, 6.45) is 8.42. The SMILES string of the molecule is CCOc1ccc(C(C)NC(=O)CCCNC(=O)C23CC4CC(CC(C4)C2)C3)cc1. The van der Waals surface area contributed by atoms with Crippen LogP contribution in [0.5, 0.6) is 5.75 Å². The van der Waals surface area contributed by atoms with Crippen LogP contribution >= 0.6 is 0 Å². The lowest BCUT2D eigenvalue weighted by Gasteiger charge is -2.55. The molecule has 0 aromatic heterocycles. The Morgan fingerprint density at radius 3 is 2.23 bits per heavy atom. The van der Waals surface area contributed by atoms with Gasteiger partial charge >= 0.3 is 0 Å². The van der Waals surface area contributed by atoms with Crippen LogP contribution in [0.1, 0.15) is 76.8 Å².